The lowest BCUT2D eigenvalue weighted by Crippen LogP contribution is -2.23. The fourth-order valence-electron chi connectivity index (χ4n) is 1.65. The second-order valence-corrected chi connectivity index (χ2v) is 3.80. The molecule has 0 bridgehead atoms. The summed E-state index contributed by atoms with van der Waals surface area (Å²) < 4.78 is 10.6. The lowest BCUT2D eigenvalue weighted by Gasteiger charge is -2.19. The number of hydrogen-bond donors (Lipinski definition) is 0. The van der Waals surface area contributed by atoms with Crippen molar-refractivity contribution in [2.24, 2.45) is 0 Å². The van der Waals surface area contributed by atoms with Gasteiger partial charge in [-0.05, 0) is 26.7 Å². The lowest BCUT2D eigenvalue weighted by atomic mass is 10.0. The van der Waals surface area contributed by atoms with Gasteiger partial charge in [-0.1, -0.05) is 6.08 Å². The highest BCUT2D eigenvalue weighted by atomic mass is 16.5. The quantitative estimate of drug-likeness (QED) is 0.512. The number of carbonyl (C=O) groups is 1. The highest BCUT2D eigenvalue weighted by Gasteiger charge is 2.34. The third-order valence-electron chi connectivity index (χ3n) is 2.53. The molecule has 3 nitrogen and oxygen atoms in total. The Labute approximate surface area is 85.1 Å². The summed E-state index contributed by atoms with van der Waals surface area (Å²) in [6.07, 6.45) is 3.99. The second-order valence-electron chi connectivity index (χ2n) is 3.80. The Bertz CT molecular complexity index is 225. The minimum atomic E-state index is -0.253. The van der Waals surface area contributed by atoms with E-state index in [-0.39, 0.29) is 17.7 Å². The summed E-state index contributed by atoms with van der Waals surface area (Å²) >= 11 is 0. The van der Waals surface area contributed by atoms with Crippen molar-refractivity contribution >= 4 is 5.97 Å². The summed E-state index contributed by atoms with van der Waals surface area (Å²) in [5, 5.41) is 0. The summed E-state index contributed by atoms with van der Waals surface area (Å²) in [6, 6.07) is 0. The summed E-state index contributed by atoms with van der Waals surface area (Å²) in [5.74, 6) is -0.175. The van der Waals surface area contributed by atoms with Crippen LogP contribution < -0.4 is 0 Å². The maximum absolute atomic E-state index is 11.2. The van der Waals surface area contributed by atoms with Gasteiger partial charge in [0.2, 0.25) is 0 Å². The molecular formula is C11H18O3. The third kappa shape index (κ3) is 2.84. The van der Waals surface area contributed by atoms with Crippen LogP contribution in [0.25, 0.3) is 0 Å². The largest absolute Gasteiger partial charge is 0.466 e. The Balaban J connectivity index is 2.36. The van der Waals surface area contributed by atoms with Crippen LogP contribution in [0, 0.1) is 0 Å². The van der Waals surface area contributed by atoms with Crippen LogP contribution in [0.4, 0.5) is 0 Å². The van der Waals surface area contributed by atoms with Crippen LogP contribution in [0.15, 0.2) is 12.7 Å². The topological polar surface area (TPSA) is 35.5 Å². The standard InChI is InChI=1S/C11H18O3/c1-4-11(3)7-6-9(14-11)8-10(12)13-5-2/h4,9H,1,5-8H2,2-3H3/t9-,11-/m0/s1. The first-order chi connectivity index (χ1) is 6.59. The van der Waals surface area contributed by atoms with Gasteiger partial charge in [-0.15, -0.1) is 6.58 Å². The van der Waals surface area contributed by atoms with Gasteiger partial charge in [-0.2, -0.15) is 0 Å². The van der Waals surface area contributed by atoms with Crippen LogP contribution in [-0.4, -0.2) is 24.3 Å². The predicted octanol–water partition coefficient (Wildman–Crippen LogP) is 2.06. The number of esters is 1. The molecule has 1 aliphatic rings. The highest BCUT2D eigenvalue weighted by molar-refractivity contribution is 5.70. The molecule has 1 aliphatic heterocycles. The summed E-state index contributed by atoms with van der Waals surface area (Å²) in [6.45, 7) is 7.96. The smallest absolute Gasteiger partial charge is 0.308 e. The molecule has 1 saturated heterocycles. The first kappa shape index (κ1) is 11.2. The minimum absolute atomic E-state index is 0.00273. The van der Waals surface area contributed by atoms with E-state index in [0.29, 0.717) is 13.0 Å². The van der Waals surface area contributed by atoms with Gasteiger partial charge in [-0.3, -0.25) is 4.79 Å². The van der Waals surface area contributed by atoms with Crippen LogP contribution in [0.1, 0.15) is 33.1 Å². The zero-order valence-corrected chi connectivity index (χ0v) is 8.91. The van der Waals surface area contributed by atoms with Crippen LogP contribution >= 0.6 is 0 Å². The molecule has 80 valence electrons. The fourth-order valence-corrected chi connectivity index (χ4v) is 1.65. The number of ether oxygens (including phenoxy) is 2. The Morgan fingerprint density at radius 2 is 2.50 bits per heavy atom. The molecule has 0 N–H and O–H groups in total. The van der Waals surface area contributed by atoms with Gasteiger partial charge in [0.25, 0.3) is 0 Å². The van der Waals surface area contributed by atoms with Crippen molar-refractivity contribution in [1.29, 1.82) is 0 Å². The fraction of sp³-hybridized carbons (Fsp3) is 0.727. The lowest BCUT2D eigenvalue weighted by molar-refractivity contribution is -0.146. The number of hydrogen-bond acceptors (Lipinski definition) is 3. The molecule has 2 atom stereocenters. The average Bonchev–Trinajstić information content (AvgIpc) is 2.49. The van der Waals surface area contributed by atoms with Crippen LogP contribution in [-0.2, 0) is 14.3 Å². The van der Waals surface area contributed by atoms with Gasteiger partial charge < -0.3 is 9.47 Å². The maximum Gasteiger partial charge on any atom is 0.308 e. The third-order valence-corrected chi connectivity index (χ3v) is 2.53. The van der Waals surface area contributed by atoms with E-state index in [0.717, 1.165) is 12.8 Å². The molecule has 1 heterocycles. The van der Waals surface area contributed by atoms with E-state index in [1.165, 1.54) is 0 Å². The van der Waals surface area contributed by atoms with Crippen LogP contribution in [0.3, 0.4) is 0 Å². The van der Waals surface area contributed by atoms with E-state index in [2.05, 4.69) is 6.58 Å². The van der Waals surface area contributed by atoms with Crippen molar-refractivity contribution in [3.8, 4) is 0 Å². The molecule has 0 aromatic rings. The maximum atomic E-state index is 11.2. The highest BCUT2D eigenvalue weighted by Crippen LogP contribution is 2.32. The molecule has 0 radical (unpaired) electrons. The van der Waals surface area contributed by atoms with Gasteiger partial charge in [0.15, 0.2) is 0 Å². The zero-order valence-electron chi connectivity index (χ0n) is 8.91. The first-order valence-electron chi connectivity index (χ1n) is 5.06. The Kier molecular flexibility index (Phi) is 3.69. The van der Waals surface area contributed by atoms with Crippen molar-refractivity contribution in [2.45, 2.75) is 44.8 Å². The second kappa shape index (κ2) is 4.60. The monoisotopic (exact) mass is 198 g/mol. The molecule has 0 amide bonds. The number of rotatable bonds is 4. The average molecular weight is 198 g/mol. The van der Waals surface area contributed by atoms with Crippen LogP contribution in [0.5, 0.6) is 0 Å². The Hall–Kier alpha value is -0.830. The molecule has 0 aromatic heterocycles. The summed E-state index contributed by atoms with van der Waals surface area (Å²) in [5.41, 5.74) is -0.253. The van der Waals surface area contributed by atoms with Gasteiger partial charge in [0, 0.05) is 0 Å². The van der Waals surface area contributed by atoms with Gasteiger partial charge in [-0.25, -0.2) is 0 Å². The predicted molar refractivity (Wildman–Crippen MR) is 54.0 cm³/mol. The molecule has 0 aliphatic carbocycles. The van der Waals surface area contributed by atoms with E-state index in [9.17, 15) is 4.79 Å². The van der Waals surface area contributed by atoms with Crippen molar-refractivity contribution in [1.82, 2.24) is 0 Å². The molecule has 1 fully saturated rings. The molecule has 3 heteroatoms. The Morgan fingerprint density at radius 3 is 3.00 bits per heavy atom. The van der Waals surface area contributed by atoms with Gasteiger partial charge >= 0.3 is 5.97 Å². The Morgan fingerprint density at radius 1 is 1.79 bits per heavy atom. The first-order valence-corrected chi connectivity index (χ1v) is 5.06. The minimum Gasteiger partial charge on any atom is -0.466 e. The van der Waals surface area contributed by atoms with E-state index in [1.807, 2.05) is 6.92 Å². The molecule has 0 aromatic carbocycles. The molecule has 1 rings (SSSR count). The molecule has 0 saturated carbocycles. The molecular weight excluding hydrogens is 180 g/mol. The summed E-state index contributed by atoms with van der Waals surface area (Å²) in [7, 11) is 0. The van der Waals surface area contributed by atoms with E-state index in [1.54, 1.807) is 13.0 Å². The number of carbonyl (C=O) groups excluding carboxylic acids is 1. The molecule has 0 spiro atoms. The van der Waals surface area contributed by atoms with Gasteiger partial charge in [0.05, 0.1) is 24.7 Å². The van der Waals surface area contributed by atoms with Crippen molar-refractivity contribution in [2.75, 3.05) is 6.61 Å². The molecule has 14 heavy (non-hydrogen) atoms. The van der Waals surface area contributed by atoms with Crippen molar-refractivity contribution in [3.05, 3.63) is 12.7 Å². The van der Waals surface area contributed by atoms with Gasteiger partial charge in [0.1, 0.15) is 0 Å². The normalized spacial score (nSPS) is 31.4. The van der Waals surface area contributed by atoms with Crippen molar-refractivity contribution < 1.29 is 14.3 Å². The van der Waals surface area contributed by atoms with Crippen LogP contribution in [0.2, 0.25) is 0 Å². The van der Waals surface area contributed by atoms with Crippen molar-refractivity contribution in [3.63, 3.8) is 0 Å². The summed E-state index contributed by atoms with van der Waals surface area (Å²) in [4.78, 5) is 11.2. The SMILES string of the molecule is C=C[C@@]1(C)CC[C@@H](CC(=O)OCC)O1. The zero-order chi connectivity index (χ0) is 10.6. The van der Waals surface area contributed by atoms with E-state index >= 15 is 0 Å². The molecule has 0 unspecified atom stereocenters. The van der Waals surface area contributed by atoms with E-state index < -0.39 is 0 Å². The van der Waals surface area contributed by atoms with E-state index in [4.69, 9.17) is 9.47 Å².